The van der Waals surface area contributed by atoms with E-state index in [4.69, 9.17) is 8.92 Å². The van der Waals surface area contributed by atoms with Gasteiger partial charge in [-0.3, -0.25) is 4.18 Å². The Kier molecular flexibility index (Phi) is 6.06. The fourth-order valence-electron chi connectivity index (χ4n) is 2.18. The summed E-state index contributed by atoms with van der Waals surface area (Å²) >= 11 is 1.15. The number of thioether (sulfide) groups is 1. The van der Waals surface area contributed by atoms with E-state index in [0.29, 0.717) is 0 Å². The van der Waals surface area contributed by atoms with Crippen LogP contribution in [0.1, 0.15) is 5.56 Å². The molecule has 23 heavy (non-hydrogen) atoms. The summed E-state index contributed by atoms with van der Waals surface area (Å²) in [6, 6.07) is 6.14. The summed E-state index contributed by atoms with van der Waals surface area (Å²) in [5.74, 6) is 0. The summed E-state index contributed by atoms with van der Waals surface area (Å²) in [6.45, 7) is 1.37. The highest BCUT2D eigenvalue weighted by Gasteiger charge is 2.43. The van der Waals surface area contributed by atoms with Crippen LogP contribution in [-0.4, -0.2) is 66.5 Å². The highest BCUT2D eigenvalue weighted by Crippen LogP contribution is 2.27. The van der Waals surface area contributed by atoms with Crippen LogP contribution in [0.2, 0.25) is 0 Å². The normalized spacial score (nSPS) is 32.0. The molecule has 7 nitrogen and oxygen atoms in total. The van der Waals surface area contributed by atoms with Crippen molar-refractivity contribution < 1.29 is 32.7 Å². The molecule has 1 aromatic rings. The van der Waals surface area contributed by atoms with E-state index in [9.17, 15) is 23.7 Å². The Morgan fingerprint density at radius 1 is 1.13 bits per heavy atom. The molecule has 2 rings (SSSR count). The van der Waals surface area contributed by atoms with Crippen LogP contribution >= 0.6 is 11.8 Å². The van der Waals surface area contributed by atoms with E-state index < -0.39 is 46.6 Å². The standard InChI is InChI=1S/C14H20O7S2/c1-8-3-5-9(6-4-8)23(18,19)20-7-10-11(15)12(16)13(17)14(21-10)22-2/h3-6,10-17H,7H2,1-2H3/t10-,11+,12+,13+,14+/m1/s1. The highest BCUT2D eigenvalue weighted by atomic mass is 32.2. The fourth-order valence-corrected chi connectivity index (χ4v) is 3.79. The number of benzene rings is 1. The number of aliphatic hydroxyl groups excluding tert-OH is 3. The van der Waals surface area contributed by atoms with E-state index in [1.165, 1.54) is 12.1 Å². The van der Waals surface area contributed by atoms with Crippen molar-refractivity contribution in [3.63, 3.8) is 0 Å². The van der Waals surface area contributed by atoms with Crippen LogP contribution in [0.3, 0.4) is 0 Å². The second kappa shape index (κ2) is 7.47. The fraction of sp³-hybridized carbons (Fsp3) is 0.571. The summed E-state index contributed by atoms with van der Waals surface area (Å²) in [6.07, 6.45) is -3.53. The maximum absolute atomic E-state index is 12.1. The number of ether oxygens (including phenoxy) is 1. The topological polar surface area (TPSA) is 113 Å². The summed E-state index contributed by atoms with van der Waals surface area (Å²) in [7, 11) is -4.00. The second-order valence-electron chi connectivity index (χ2n) is 5.30. The molecule has 130 valence electrons. The van der Waals surface area contributed by atoms with E-state index in [1.807, 2.05) is 6.92 Å². The van der Waals surface area contributed by atoms with Gasteiger partial charge in [0.05, 0.1) is 11.5 Å². The van der Waals surface area contributed by atoms with Crippen LogP contribution in [0, 0.1) is 6.92 Å². The van der Waals surface area contributed by atoms with Crippen LogP contribution < -0.4 is 0 Å². The van der Waals surface area contributed by atoms with Crippen LogP contribution in [0.4, 0.5) is 0 Å². The first-order chi connectivity index (χ1) is 10.8. The Labute approximate surface area is 139 Å². The number of hydrogen-bond donors (Lipinski definition) is 3. The van der Waals surface area contributed by atoms with Gasteiger partial charge < -0.3 is 20.1 Å². The van der Waals surface area contributed by atoms with Crippen molar-refractivity contribution in [3.8, 4) is 0 Å². The van der Waals surface area contributed by atoms with Crippen molar-refractivity contribution in [3.05, 3.63) is 29.8 Å². The summed E-state index contributed by atoms with van der Waals surface area (Å²) in [4.78, 5) is -0.00426. The molecule has 5 atom stereocenters. The monoisotopic (exact) mass is 364 g/mol. The summed E-state index contributed by atoms with van der Waals surface area (Å²) in [5.41, 5.74) is 0.138. The average molecular weight is 364 g/mol. The van der Waals surface area contributed by atoms with Gasteiger partial charge in [-0.2, -0.15) is 8.42 Å². The summed E-state index contributed by atoms with van der Waals surface area (Å²) < 4.78 is 34.5. The van der Waals surface area contributed by atoms with Gasteiger partial charge in [-0.05, 0) is 25.3 Å². The zero-order chi connectivity index (χ0) is 17.2. The smallest absolute Gasteiger partial charge is 0.297 e. The minimum Gasteiger partial charge on any atom is -0.387 e. The molecule has 1 aliphatic rings. The Bertz CT molecular complexity index is 615. The van der Waals surface area contributed by atoms with E-state index in [1.54, 1.807) is 18.4 Å². The third-order valence-electron chi connectivity index (χ3n) is 3.60. The lowest BCUT2D eigenvalue weighted by Crippen LogP contribution is -2.57. The van der Waals surface area contributed by atoms with Crippen molar-refractivity contribution in [2.24, 2.45) is 0 Å². The Hall–Kier alpha value is -0.680. The van der Waals surface area contributed by atoms with Crippen LogP contribution in [0.25, 0.3) is 0 Å². The molecule has 0 unspecified atom stereocenters. The molecule has 0 bridgehead atoms. The van der Waals surface area contributed by atoms with Crippen molar-refractivity contribution in [1.29, 1.82) is 0 Å². The molecule has 1 fully saturated rings. The van der Waals surface area contributed by atoms with Gasteiger partial charge in [-0.1, -0.05) is 17.7 Å². The van der Waals surface area contributed by atoms with Gasteiger partial charge in [0.15, 0.2) is 0 Å². The van der Waals surface area contributed by atoms with Crippen molar-refractivity contribution in [2.45, 2.75) is 41.7 Å². The predicted octanol–water partition coefficient (Wildman–Crippen LogP) is -0.129. The second-order valence-corrected chi connectivity index (χ2v) is 7.85. The van der Waals surface area contributed by atoms with Gasteiger partial charge in [0, 0.05) is 0 Å². The van der Waals surface area contributed by atoms with Crippen molar-refractivity contribution >= 4 is 21.9 Å². The van der Waals surface area contributed by atoms with E-state index in [-0.39, 0.29) is 4.90 Å². The first-order valence-corrected chi connectivity index (χ1v) is 9.64. The Morgan fingerprint density at radius 2 is 1.74 bits per heavy atom. The highest BCUT2D eigenvalue weighted by molar-refractivity contribution is 7.99. The van der Waals surface area contributed by atoms with Crippen molar-refractivity contribution in [1.82, 2.24) is 0 Å². The van der Waals surface area contributed by atoms with E-state index >= 15 is 0 Å². The van der Waals surface area contributed by atoms with Gasteiger partial charge in [0.2, 0.25) is 0 Å². The van der Waals surface area contributed by atoms with Gasteiger partial charge >= 0.3 is 0 Å². The lowest BCUT2D eigenvalue weighted by molar-refractivity contribution is -0.203. The zero-order valence-electron chi connectivity index (χ0n) is 12.7. The van der Waals surface area contributed by atoms with Crippen LogP contribution in [0.15, 0.2) is 29.2 Å². The molecule has 3 N–H and O–H groups in total. The number of rotatable bonds is 5. The molecule has 0 aromatic heterocycles. The Balaban J connectivity index is 2.05. The van der Waals surface area contributed by atoms with Crippen LogP contribution in [0.5, 0.6) is 0 Å². The van der Waals surface area contributed by atoms with Gasteiger partial charge in [-0.15, -0.1) is 11.8 Å². The number of aliphatic hydroxyl groups is 3. The van der Waals surface area contributed by atoms with Gasteiger partial charge in [0.25, 0.3) is 10.1 Å². The number of hydrogen-bond acceptors (Lipinski definition) is 8. The number of aryl methyl sites for hydroxylation is 1. The molecule has 1 aliphatic heterocycles. The van der Waals surface area contributed by atoms with Gasteiger partial charge in [0.1, 0.15) is 29.9 Å². The van der Waals surface area contributed by atoms with Gasteiger partial charge in [-0.25, -0.2) is 0 Å². The predicted molar refractivity (Wildman–Crippen MR) is 84.5 cm³/mol. The molecule has 1 saturated heterocycles. The molecular formula is C14H20O7S2. The van der Waals surface area contributed by atoms with E-state index in [0.717, 1.165) is 17.3 Å². The molecule has 0 aliphatic carbocycles. The average Bonchev–Trinajstić information content (AvgIpc) is 2.52. The zero-order valence-corrected chi connectivity index (χ0v) is 14.3. The summed E-state index contributed by atoms with van der Waals surface area (Å²) in [5, 5.41) is 29.4. The molecule has 1 heterocycles. The maximum Gasteiger partial charge on any atom is 0.297 e. The molecular weight excluding hydrogens is 344 g/mol. The van der Waals surface area contributed by atoms with Crippen molar-refractivity contribution in [2.75, 3.05) is 12.9 Å². The maximum atomic E-state index is 12.1. The molecule has 0 radical (unpaired) electrons. The molecule has 9 heteroatoms. The molecule has 1 aromatic carbocycles. The Morgan fingerprint density at radius 3 is 2.30 bits per heavy atom. The van der Waals surface area contributed by atoms with E-state index in [2.05, 4.69) is 0 Å². The minimum absolute atomic E-state index is 0.00426. The SMILES string of the molecule is CS[C@@H]1O[C@H](COS(=O)(=O)c2ccc(C)cc2)[C@H](O)[C@H](O)[C@@H]1O. The molecule has 0 saturated carbocycles. The third-order valence-corrected chi connectivity index (χ3v) is 5.75. The quantitative estimate of drug-likeness (QED) is 0.620. The third kappa shape index (κ3) is 4.24. The molecule has 0 spiro atoms. The lowest BCUT2D eigenvalue weighted by atomic mass is 10.0. The first-order valence-electron chi connectivity index (χ1n) is 6.95. The first kappa shape index (κ1) is 18.7. The lowest BCUT2D eigenvalue weighted by Gasteiger charge is -2.39. The minimum atomic E-state index is -4.00. The molecule has 0 amide bonds. The largest absolute Gasteiger partial charge is 0.387 e. The van der Waals surface area contributed by atoms with Crippen LogP contribution in [-0.2, 0) is 19.0 Å².